The third-order valence-corrected chi connectivity index (χ3v) is 7.27. The number of aryl methyl sites for hydroxylation is 2. The van der Waals surface area contributed by atoms with E-state index in [1.54, 1.807) is 0 Å². The SMILES string of the molecule is Cc1cccc(C)c1N(C(=O)C1(N(C)C)CCNCC1)[C@@H]1CCCC[C@H]1N(C)C. The Labute approximate surface area is 177 Å². The maximum absolute atomic E-state index is 14.5. The van der Waals surface area contributed by atoms with Crippen LogP contribution in [0.1, 0.15) is 49.7 Å². The predicted octanol–water partition coefficient (Wildman–Crippen LogP) is 3.19. The van der Waals surface area contributed by atoms with Crippen LogP contribution in [-0.4, -0.2) is 74.6 Å². The van der Waals surface area contributed by atoms with E-state index in [9.17, 15) is 4.79 Å². The van der Waals surface area contributed by atoms with E-state index in [-0.39, 0.29) is 6.04 Å². The molecular weight excluding hydrogens is 360 g/mol. The van der Waals surface area contributed by atoms with Crippen LogP contribution >= 0.6 is 0 Å². The number of likely N-dealkylation sites (N-methyl/N-ethyl adjacent to an activating group) is 2. The summed E-state index contributed by atoms with van der Waals surface area (Å²) in [5.41, 5.74) is 3.10. The molecule has 162 valence electrons. The number of carbonyl (C=O) groups excluding carboxylic acids is 1. The van der Waals surface area contributed by atoms with Gasteiger partial charge in [0.2, 0.25) is 5.91 Å². The van der Waals surface area contributed by atoms with E-state index in [1.807, 2.05) is 0 Å². The number of amides is 1. The summed E-state index contributed by atoms with van der Waals surface area (Å²) in [4.78, 5) is 21.2. The predicted molar refractivity (Wildman–Crippen MR) is 122 cm³/mol. The zero-order chi connectivity index (χ0) is 21.2. The first-order valence-corrected chi connectivity index (χ1v) is 11.2. The van der Waals surface area contributed by atoms with E-state index in [1.165, 1.54) is 24.0 Å². The number of piperidine rings is 1. The Hall–Kier alpha value is -1.43. The second-order valence-corrected chi connectivity index (χ2v) is 9.47. The molecule has 0 radical (unpaired) electrons. The summed E-state index contributed by atoms with van der Waals surface area (Å²) in [6.45, 7) is 6.10. The zero-order valence-corrected chi connectivity index (χ0v) is 19.3. The highest BCUT2D eigenvalue weighted by Gasteiger charge is 2.48. The molecule has 5 nitrogen and oxygen atoms in total. The molecule has 0 aromatic heterocycles. The Morgan fingerprint density at radius 2 is 1.52 bits per heavy atom. The molecule has 1 saturated carbocycles. The highest BCUT2D eigenvalue weighted by Crippen LogP contribution is 2.38. The van der Waals surface area contributed by atoms with Crippen LogP contribution in [0.5, 0.6) is 0 Å². The molecule has 1 aliphatic carbocycles. The number of rotatable bonds is 5. The molecule has 1 saturated heterocycles. The smallest absolute Gasteiger partial charge is 0.247 e. The van der Waals surface area contributed by atoms with Gasteiger partial charge in [-0.25, -0.2) is 0 Å². The summed E-state index contributed by atoms with van der Waals surface area (Å²) < 4.78 is 0. The average Bonchev–Trinajstić information content (AvgIpc) is 2.70. The first kappa shape index (κ1) is 22.3. The summed E-state index contributed by atoms with van der Waals surface area (Å²) in [6.07, 6.45) is 6.39. The molecule has 1 aromatic rings. The Bertz CT molecular complexity index is 689. The van der Waals surface area contributed by atoms with Gasteiger partial charge in [-0.05, 0) is 91.9 Å². The molecule has 0 spiro atoms. The van der Waals surface area contributed by atoms with Crippen molar-refractivity contribution in [3.05, 3.63) is 29.3 Å². The van der Waals surface area contributed by atoms with Crippen molar-refractivity contribution in [3.8, 4) is 0 Å². The first-order chi connectivity index (χ1) is 13.8. The lowest BCUT2D eigenvalue weighted by Crippen LogP contribution is -2.65. The maximum Gasteiger partial charge on any atom is 0.247 e. The molecule has 1 aromatic carbocycles. The van der Waals surface area contributed by atoms with Crippen LogP contribution in [0.15, 0.2) is 18.2 Å². The number of nitrogens with one attached hydrogen (secondary N) is 1. The molecule has 2 fully saturated rings. The van der Waals surface area contributed by atoms with Crippen LogP contribution in [0.2, 0.25) is 0 Å². The van der Waals surface area contributed by atoms with Crippen molar-refractivity contribution in [2.24, 2.45) is 0 Å². The van der Waals surface area contributed by atoms with Gasteiger partial charge in [-0.15, -0.1) is 0 Å². The standard InChI is InChI=1S/C24H40N4O/c1-18-10-9-11-19(2)22(18)28(21-13-8-7-12-20(21)26(3)4)23(29)24(27(5)6)14-16-25-17-15-24/h9-11,20-21,25H,7-8,12-17H2,1-6H3/t20-,21-/m1/s1. The van der Waals surface area contributed by atoms with Crippen LogP contribution < -0.4 is 10.2 Å². The number of benzene rings is 1. The fourth-order valence-electron chi connectivity index (χ4n) is 5.52. The Morgan fingerprint density at radius 1 is 0.966 bits per heavy atom. The molecular formula is C24H40N4O. The number of hydrogen-bond acceptors (Lipinski definition) is 4. The molecule has 29 heavy (non-hydrogen) atoms. The van der Waals surface area contributed by atoms with Crippen molar-refractivity contribution in [3.63, 3.8) is 0 Å². The minimum Gasteiger partial charge on any atom is -0.317 e. The van der Waals surface area contributed by atoms with Crippen molar-refractivity contribution >= 4 is 11.6 Å². The third-order valence-electron chi connectivity index (χ3n) is 7.27. The van der Waals surface area contributed by atoms with E-state index >= 15 is 0 Å². The topological polar surface area (TPSA) is 38.8 Å². The summed E-state index contributed by atoms with van der Waals surface area (Å²) in [7, 11) is 8.50. The minimum absolute atomic E-state index is 0.220. The molecule has 1 heterocycles. The fourth-order valence-corrected chi connectivity index (χ4v) is 5.52. The summed E-state index contributed by atoms with van der Waals surface area (Å²) in [5, 5.41) is 3.45. The van der Waals surface area contributed by atoms with Crippen molar-refractivity contribution in [2.45, 2.75) is 70.0 Å². The van der Waals surface area contributed by atoms with Crippen LogP contribution in [0, 0.1) is 13.8 Å². The molecule has 0 bridgehead atoms. The van der Waals surface area contributed by atoms with Gasteiger partial charge in [0.05, 0.1) is 6.04 Å². The minimum atomic E-state index is -0.436. The highest BCUT2D eigenvalue weighted by molar-refractivity contribution is 6.02. The van der Waals surface area contributed by atoms with Gasteiger partial charge in [0, 0.05) is 11.7 Å². The Morgan fingerprint density at radius 3 is 2.03 bits per heavy atom. The monoisotopic (exact) mass is 400 g/mol. The second-order valence-electron chi connectivity index (χ2n) is 9.47. The van der Waals surface area contributed by atoms with E-state index in [0.29, 0.717) is 11.9 Å². The molecule has 1 N–H and O–H groups in total. The van der Waals surface area contributed by atoms with Crippen LogP contribution in [0.3, 0.4) is 0 Å². The average molecular weight is 401 g/mol. The molecule has 2 atom stereocenters. The van der Waals surface area contributed by atoms with Gasteiger partial charge >= 0.3 is 0 Å². The lowest BCUT2D eigenvalue weighted by atomic mass is 9.81. The summed E-state index contributed by atoms with van der Waals surface area (Å²) >= 11 is 0. The van der Waals surface area contributed by atoms with Crippen molar-refractivity contribution in [1.29, 1.82) is 0 Å². The van der Waals surface area contributed by atoms with Gasteiger partial charge in [-0.1, -0.05) is 31.0 Å². The first-order valence-electron chi connectivity index (χ1n) is 11.2. The molecule has 5 heteroatoms. The van der Waals surface area contributed by atoms with Gasteiger partial charge in [-0.3, -0.25) is 9.69 Å². The largest absolute Gasteiger partial charge is 0.317 e. The van der Waals surface area contributed by atoms with E-state index in [0.717, 1.165) is 44.5 Å². The molecule has 0 unspecified atom stereocenters. The van der Waals surface area contributed by atoms with Gasteiger partial charge in [-0.2, -0.15) is 0 Å². The number of anilines is 1. The van der Waals surface area contributed by atoms with Gasteiger partial charge < -0.3 is 15.1 Å². The van der Waals surface area contributed by atoms with Crippen LogP contribution in [-0.2, 0) is 4.79 Å². The Kier molecular flexibility index (Phi) is 7.02. The number of para-hydroxylation sites is 1. The van der Waals surface area contributed by atoms with Crippen molar-refractivity contribution in [2.75, 3.05) is 46.2 Å². The molecule has 2 aliphatic rings. The van der Waals surface area contributed by atoms with Crippen molar-refractivity contribution < 1.29 is 4.79 Å². The van der Waals surface area contributed by atoms with E-state index in [4.69, 9.17) is 0 Å². The summed E-state index contributed by atoms with van der Waals surface area (Å²) in [5.74, 6) is 0.292. The molecule has 3 rings (SSSR count). The lowest BCUT2D eigenvalue weighted by molar-refractivity contribution is -0.132. The third kappa shape index (κ3) is 4.23. The van der Waals surface area contributed by atoms with E-state index in [2.05, 4.69) is 80.3 Å². The number of nitrogens with zero attached hydrogens (tertiary/aromatic N) is 3. The van der Waals surface area contributed by atoms with Crippen LogP contribution in [0.25, 0.3) is 0 Å². The van der Waals surface area contributed by atoms with E-state index < -0.39 is 5.54 Å². The quantitative estimate of drug-likeness (QED) is 0.824. The van der Waals surface area contributed by atoms with Crippen molar-refractivity contribution in [1.82, 2.24) is 15.1 Å². The fraction of sp³-hybridized carbons (Fsp3) is 0.708. The maximum atomic E-state index is 14.5. The normalized spacial score (nSPS) is 24.7. The summed E-state index contributed by atoms with van der Waals surface area (Å²) in [6, 6.07) is 7.03. The highest BCUT2D eigenvalue weighted by atomic mass is 16.2. The second kappa shape index (κ2) is 9.15. The molecule has 1 aliphatic heterocycles. The van der Waals surface area contributed by atoms with Gasteiger partial charge in [0.1, 0.15) is 5.54 Å². The number of carbonyl (C=O) groups is 1. The van der Waals surface area contributed by atoms with Crippen LogP contribution in [0.4, 0.5) is 5.69 Å². The zero-order valence-electron chi connectivity index (χ0n) is 19.3. The molecule has 1 amide bonds. The Balaban J connectivity index is 2.13. The number of hydrogen-bond donors (Lipinski definition) is 1. The van der Waals surface area contributed by atoms with Gasteiger partial charge in [0.15, 0.2) is 0 Å². The van der Waals surface area contributed by atoms with Gasteiger partial charge in [0.25, 0.3) is 0 Å². The lowest BCUT2D eigenvalue weighted by Gasteiger charge is -2.50.